The van der Waals surface area contributed by atoms with Gasteiger partial charge < -0.3 is 19.4 Å². The van der Waals surface area contributed by atoms with Crippen molar-refractivity contribution in [2.75, 3.05) is 4.90 Å². The van der Waals surface area contributed by atoms with Crippen molar-refractivity contribution in [3.63, 3.8) is 0 Å². The van der Waals surface area contributed by atoms with Crippen LogP contribution in [0, 0.1) is 0 Å². The number of nitrogens with zero attached hydrogens (tertiary/aromatic N) is 3. The third-order valence-electron chi connectivity index (χ3n) is 22.9. The Balaban J connectivity index is 0.885. The largest absolute Gasteiger partial charge is 0.457 e. The number of ether oxygens (including phenoxy) is 2. The Labute approximate surface area is 660 Å². The number of fused-ring (bicyclic) bond motifs is 10. The van der Waals surface area contributed by atoms with Crippen LogP contribution in [0.1, 0.15) is 175 Å². The number of carbonyl (C=O) groups excluding carboxylic acids is 2. The van der Waals surface area contributed by atoms with Crippen LogP contribution in [-0.4, -0.2) is 31.8 Å². The van der Waals surface area contributed by atoms with E-state index in [1.807, 2.05) is 36.4 Å². The zero-order chi connectivity index (χ0) is 78.5. The Morgan fingerprint density at radius 3 is 1.00 bits per heavy atom. The number of hydrogen-bond donors (Lipinski definition) is 2. The highest BCUT2D eigenvalue weighted by Crippen LogP contribution is 2.55. The molecule has 0 saturated carbocycles. The summed E-state index contributed by atoms with van der Waals surface area (Å²) in [6.07, 6.45) is 8.57. The molecule has 556 valence electrons. The van der Waals surface area contributed by atoms with Gasteiger partial charge in [0.2, 0.25) is 0 Å². The lowest BCUT2D eigenvalue weighted by Gasteiger charge is -2.31. The topological polar surface area (TPSA) is 113 Å². The minimum atomic E-state index is -0.436. The second-order valence-electron chi connectivity index (χ2n) is 35.9. The number of benzene rings is 12. The van der Waals surface area contributed by atoms with Gasteiger partial charge in [-0.3, -0.25) is 9.59 Å². The predicted molar refractivity (Wildman–Crippen MR) is 471 cm³/mol. The smallest absolute Gasteiger partial charge is 0.266 e. The molecule has 0 fully saturated rings. The first kappa shape index (κ1) is 71.9. The quantitative estimate of drug-likeness (QED) is 0.0801. The molecule has 6 heterocycles. The summed E-state index contributed by atoms with van der Waals surface area (Å²) < 4.78 is 15.2. The molecular weight excluding hydrogens is 1380 g/mol. The van der Waals surface area contributed by atoms with Crippen molar-refractivity contribution in [2.24, 2.45) is 0 Å². The predicted octanol–water partition coefficient (Wildman–Crippen LogP) is 27.9. The number of hydrogen-bond acceptors (Lipinski definition) is 6. The highest BCUT2D eigenvalue weighted by molar-refractivity contribution is 6.44. The Kier molecular flexibility index (Phi) is 16.8. The van der Waals surface area contributed by atoms with Gasteiger partial charge in [-0.1, -0.05) is 274 Å². The molecule has 3 aromatic heterocycles. The van der Waals surface area contributed by atoms with E-state index in [0.29, 0.717) is 50.6 Å². The molecule has 12 aromatic carbocycles. The molecule has 3 aliphatic rings. The third-order valence-corrected chi connectivity index (χ3v) is 22.9. The lowest BCUT2D eigenvalue weighted by molar-refractivity contribution is 0.0893. The molecule has 0 unspecified atom stereocenters. The lowest BCUT2D eigenvalue weighted by atomic mass is 9.80. The van der Waals surface area contributed by atoms with Crippen LogP contribution in [0.15, 0.2) is 243 Å². The number of H-pyrrole nitrogens is 2. The van der Waals surface area contributed by atoms with E-state index in [-0.39, 0.29) is 27.1 Å². The summed E-state index contributed by atoms with van der Waals surface area (Å²) in [5.41, 5.74) is 22.6. The van der Waals surface area contributed by atoms with Gasteiger partial charge in [0.15, 0.2) is 0 Å². The fourth-order valence-electron chi connectivity index (χ4n) is 16.7. The molecule has 3 aliphatic heterocycles. The van der Waals surface area contributed by atoms with E-state index in [1.165, 1.54) is 4.90 Å². The molecule has 0 atom stereocenters. The standard InChI is InChI=1S/C104H91N5O4/c1-100(2,3)65-38-40-70(41-39-65)109-98(110)77-58-87(112-71-54-66(101(4,5)6)52-67(55-71)102(7,8)9)95-75-33-25-32-74-73(42-43-76(93(74)75)96-88(59-78(99(109)111)94(77)97(95)96)113-72-56-68(103(10,11)12)53-69(57-72)104(13,14)15)60-34-36-64(37-35-60)92-85-50-48-83(107-85)90(62-28-21-17-22-29-62)81-46-44-79(105-81)89(61-26-19-16-20-27-61)80-45-47-82(106-80)91(63-30-23-18-24-31-63)84-49-51-86(92)108-84/h16-59,105,108H,1-15H3. The van der Waals surface area contributed by atoms with Crippen LogP contribution in [0.3, 0.4) is 0 Å². The van der Waals surface area contributed by atoms with Crippen molar-refractivity contribution in [3.8, 4) is 78.6 Å². The minimum Gasteiger partial charge on any atom is -0.457 e. The van der Waals surface area contributed by atoms with Gasteiger partial charge in [-0.25, -0.2) is 14.9 Å². The van der Waals surface area contributed by atoms with E-state index in [0.717, 1.165) is 161 Å². The average Bonchev–Trinajstić information content (AvgIpc) is 1.19. The van der Waals surface area contributed by atoms with Crippen molar-refractivity contribution in [1.29, 1.82) is 0 Å². The van der Waals surface area contributed by atoms with Gasteiger partial charge in [-0.2, -0.15) is 0 Å². The third kappa shape index (κ3) is 12.7. The van der Waals surface area contributed by atoms with E-state index in [1.54, 1.807) is 0 Å². The molecule has 9 heteroatoms. The maximum absolute atomic E-state index is 16.0. The summed E-state index contributed by atoms with van der Waals surface area (Å²) in [4.78, 5) is 52.4. The molecule has 15 aromatic rings. The van der Waals surface area contributed by atoms with Crippen molar-refractivity contribution >= 4 is 107 Å². The summed E-state index contributed by atoms with van der Waals surface area (Å²) in [5, 5.41) is 6.60. The number of anilines is 1. The molecule has 0 spiro atoms. The molecule has 0 saturated heterocycles. The van der Waals surface area contributed by atoms with Gasteiger partial charge in [-0.15, -0.1) is 0 Å². The molecule has 18 rings (SSSR count). The lowest BCUT2D eigenvalue weighted by Crippen LogP contribution is -2.40. The Bertz CT molecular complexity index is 6430. The number of aromatic amines is 2. The fourth-order valence-corrected chi connectivity index (χ4v) is 16.7. The first-order chi connectivity index (χ1) is 54.0. The zero-order valence-corrected chi connectivity index (χ0v) is 66.9. The molecule has 9 nitrogen and oxygen atoms in total. The average molecular weight is 1470 g/mol. The SMILES string of the molecule is CC(C)(C)c1ccc(N2C(=O)c3cc(Oc4cc(C(C)(C)C)cc(C(C)(C)C)c4)c4c5cccc6c(-c7ccc(-c8c9nc(c(-c%10ccccc%10)c%10ccc([nH]%10)c(-c%10ccccc%10)c%10nc(c(-c%11ccccc%11)c%11ccc8[nH]%11)C=C%10)C=C9)cc7)ccc(c7c(Oc8cc(C(C)(C)C)cc(C(C)(C)C)c8)cc(c3c47)C2=O)c65)cc1. The van der Waals surface area contributed by atoms with Crippen molar-refractivity contribution in [3.05, 3.63) is 304 Å². The van der Waals surface area contributed by atoms with E-state index < -0.39 is 11.8 Å². The number of amides is 2. The Morgan fingerprint density at radius 2 is 0.628 bits per heavy atom. The van der Waals surface area contributed by atoms with Crippen molar-refractivity contribution in [2.45, 2.75) is 131 Å². The van der Waals surface area contributed by atoms with E-state index >= 15 is 9.59 Å². The van der Waals surface area contributed by atoms with E-state index in [9.17, 15) is 0 Å². The number of nitrogens with one attached hydrogen (secondary N) is 2. The normalized spacial score (nSPS) is 13.4. The van der Waals surface area contributed by atoms with E-state index in [2.05, 4.69) is 344 Å². The minimum absolute atomic E-state index is 0.169. The van der Waals surface area contributed by atoms with Crippen molar-refractivity contribution < 1.29 is 19.1 Å². The molecule has 8 bridgehead atoms. The molecule has 0 radical (unpaired) electrons. The summed E-state index contributed by atoms with van der Waals surface area (Å²) in [6, 6.07) is 84.9. The second-order valence-corrected chi connectivity index (χ2v) is 35.9. The number of aromatic nitrogens is 4. The number of rotatable bonds is 10. The molecule has 2 amide bonds. The summed E-state index contributed by atoms with van der Waals surface area (Å²) in [5.74, 6) is 1.39. The fraction of sp³-hybridized carbons (Fsp3) is 0.192. The van der Waals surface area contributed by atoms with E-state index in [4.69, 9.17) is 19.4 Å². The maximum Gasteiger partial charge on any atom is 0.266 e. The Morgan fingerprint density at radius 1 is 0.283 bits per heavy atom. The summed E-state index contributed by atoms with van der Waals surface area (Å²) >= 11 is 0. The second kappa shape index (κ2) is 26.5. The van der Waals surface area contributed by atoms with Gasteiger partial charge in [0.1, 0.15) is 23.0 Å². The Hall–Kier alpha value is -12.7. The monoisotopic (exact) mass is 1470 g/mol. The van der Waals surface area contributed by atoms with Crippen LogP contribution in [0.4, 0.5) is 5.69 Å². The molecule has 0 aliphatic carbocycles. The number of carbonyl (C=O) groups is 2. The van der Waals surface area contributed by atoms with Crippen LogP contribution >= 0.6 is 0 Å². The highest BCUT2D eigenvalue weighted by Gasteiger charge is 2.39. The highest BCUT2D eigenvalue weighted by atomic mass is 16.5. The van der Waals surface area contributed by atoms with Gasteiger partial charge >= 0.3 is 0 Å². The van der Waals surface area contributed by atoms with Crippen LogP contribution < -0.4 is 14.4 Å². The summed E-state index contributed by atoms with van der Waals surface area (Å²) in [7, 11) is 0. The first-order valence-corrected chi connectivity index (χ1v) is 39.3. The van der Waals surface area contributed by atoms with Crippen LogP contribution in [0.2, 0.25) is 0 Å². The van der Waals surface area contributed by atoms with Gasteiger partial charge in [-0.05, 0) is 207 Å². The van der Waals surface area contributed by atoms with Gasteiger partial charge in [0.05, 0.1) is 39.6 Å². The first-order valence-electron chi connectivity index (χ1n) is 39.3. The van der Waals surface area contributed by atoms with Crippen LogP contribution in [-0.2, 0) is 27.1 Å². The zero-order valence-electron chi connectivity index (χ0n) is 66.9. The maximum atomic E-state index is 16.0. The molecular formula is C104H91N5O4. The van der Waals surface area contributed by atoms with Crippen LogP contribution in [0.5, 0.6) is 23.0 Å². The molecule has 113 heavy (non-hydrogen) atoms. The van der Waals surface area contributed by atoms with Gasteiger partial charge in [0, 0.05) is 65.9 Å². The van der Waals surface area contributed by atoms with Crippen LogP contribution in [0.25, 0.3) is 145 Å². The van der Waals surface area contributed by atoms with Crippen molar-refractivity contribution in [1.82, 2.24) is 19.9 Å². The molecule has 2 N–H and O–H groups in total. The number of imide groups is 1. The van der Waals surface area contributed by atoms with Gasteiger partial charge in [0.25, 0.3) is 11.8 Å². The summed E-state index contributed by atoms with van der Waals surface area (Å²) in [6.45, 7) is 33.2.